The van der Waals surface area contributed by atoms with Crippen LogP contribution in [0.4, 0.5) is 0 Å². The fourth-order valence-corrected chi connectivity index (χ4v) is 3.01. The molecule has 2 N–H and O–H groups in total. The van der Waals surface area contributed by atoms with Gasteiger partial charge in [0.1, 0.15) is 0 Å². The van der Waals surface area contributed by atoms with E-state index in [2.05, 4.69) is 17.2 Å². The molecule has 17 heavy (non-hydrogen) atoms. The SMILES string of the molecule is CCC(CCO)CNCc1cnc(C2CC2)s1. The molecule has 3 nitrogen and oxygen atoms in total. The van der Waals surface area contributed by atoms with Gasteiger partial charge in [-0.05, 0) is 31.7 Å². The summed E-state index contributed by atoms with van der Waals surface area (Å²) < 4.78 is 0. The third-order valence-electron chi connectivity index (χ3n) is 3.34. The van der Waals surface area contributed by atoms with E-state index in [9.17, 15) is 0 Å². The molecule has 1 aromatic heterocycles. The summed E-state index contributed by atoms with van der Waals surface area (Å²) >= 11 is 1.85. The van der Waals surface area contributed by atoms with E-state index in [0.29, 0.717) is 12.5 Å². The van der Waals surface area contributed by atoms with Crippen molar-refractivity contribution >= 4 is 11.3 Å². The molecule has 2 rings (SSSR count). The van der Waals surface area contributed by atoms with Gasteiger partial charge in [0.25, 0.3) is 0 Å². The molecule has 1 aliphatic carbocycles. The summed E-state index contributed by atoms with van der Waals surface area (Å²) in [6.07, 6.45) is 6.70. The van der Waals surface area contributed by atoms with Crippen LogP contribution in [0.2, 0.25) is 0 Å². The Morgan fingerprint density at radius 2 is 2.41 bits per heavy atom. The fourth-order valence-electron chi connectivity index (χ4n) is 1.96. The molecule has 0 spiro atoms. The number of aliphatic hydroxyl groups excluding tert-OH is 1. The lowest BCUT2D eigenvalue weighted by atomic mass is 10.0. The molecule has 1 aliphatic rings. The molecule has 0 aromatic carbocycles. The third-order valence-corrected chi connectivity index (χ3v) is 4.50. The zero-order valence-corrected chi connectivity index (χ0v) is 11.3. The number of nitrogens with one attached hydrogen (secondary N) is 1. The lowest BCUT2D eigenvalue weighted by Gasteiger charge is -2.13. The van der Waals surface area contributed by atoms with E-state index in [0.717, 1.165) is 31.8 Å². The summed E-state index contributed by atoms with van der Waals surface area (Å²) in [5.74, 6) is 1.36. The normalized spacial score (nSPS) is 17.3. The zero-order valence-electron chi connectivity index (χ0n) is 10.5. The van der Waals surface area contributed by atoms with E-state index < -0.39 is 0 Å². The van der Waals surface area contributed by atoms with E-state index in [1.165, 1.54) is 22.7 Å². The summed E-state index contributed by atoms with van der Waals surface area (Å²) in [4.78, 5) is 5.81. The van der Waals surface area contributed by atoms with E-state index in [1.807, 2.05) is 17.5 Å². The Morgan fingerprint density at radius 3 is 3.06 bits per heavy atom. The van der Waals surface area contributed by atoms with Gasteiger partial charge in [-0.15, -0.1) is 11.3 Å². The predicted molar refractivity (Wildman–Crippen MR) is 71.3 cm³/mol. The molecule has 1 unspecified atom stereocenters. The zero-order chi connectivity index (χ0) is 12.1. The highest BCUT2D eigenvalue weighted by Gasteiger charge is 2.26. The molecule has 0 aliphatic heterocycles. The Hall–Kier alpha value is -0.450. The van der Waals surface area contributed by atoms with Crippen LogP contribution in [0.1, 0.15) is 48.4 Å². The minimum absolute atomic E-state index is 0.298. The second-order valence-corrected chi connectivity index (χ2v) is 6.00. The van der Waals surface area contributed by atoms with Crippen molar-refractivity contribution in [3.63, 3.8) is 0 Å². The van der Waals surface area contributed by atoms with Crippen LogP contribution in [-0.4, -0.2) is 23.2 Å². The summed E-state index contributed by atoms with van der Waals surface area (Å²) in [5, 5.41) is 13.7. The molecule has 0 amide bonds. The molecule has 0 bridgehead atoms. The van der Waals surface area contributed by atoms with Crippen molar-refractivity contribution in [1.29, 1.82) is 0 Å². The Labute approximate surface area is 107 Å². The lowest BCUT2D eigenvalue weighted by Crippen LogP contribution is -2.22. The van der Waals surface area contributed by atoms with Gasteiger partial charge in [-0.1, -0.05) is 13.3 Å². The van der Waals surface area contributed by atoms with Crippen molar-refractivity contribution in [3.05, 3.63) is 16.1 Å². The topological polar surface area (TPSA) is 45.1 Å². The van der Waals surface area contributed by atoms with Crippen molar-refractivity contribution in [3.8, 4) is 0 Å². The molecule has 1 aromatic rings. The van der Waals surface area contributed by atoms with E-state index >= 15 is 0 Å². The first-order valence-electron chi connectivity index (χ1n) is 6.59. The highest BCUT2D eigenvalue weighted by atomic mass is 32.1. The fraction of sp³-hybridized carbons (Fsp3) is 0.769. The lowest BCUT2D eigenvalue weighted by molar-refractivity contribution is 0.251. The second kappa shape index (κ2) is 6.47. The van der Waals surface area contributed by atoms with Crippen LogP contribution in [0, 0.1) is 5.92 Å². The first-order chi connectivity index (χ1) is 8.33. The largest absolute Gasteiger partial charge is 0.396 e. The maximum absolute atomic E-state index is 8.92. The van der Waals surface area contributed by atoms with E-state index in [-0.39, 0.29) is 0 Å². The van der Waals surface area contributed by atoms with Crippen LogP contribution < -0.4 is 5.32 Å². The van der Waals surface area contributed by atoms with Crippen LogP contribution >= 0.6 is 11.3 Å². The van der Waals surface area contributed by atoms with Gasteiger partial charge in [-0.3, -0.25) is 0 Å². The number of thiazole rings is 1. The number of aromatic nitrogens is 1. The molecule has 1 saturated carbocycles. The quantitative estimate of drug-likeness (QED) is 0.749. The molecule has 1 heterocycles. The second-order valence-electron chi connectivity index (χ2n) is 4.86. The van der Waals surface area contributed by atoms with Crippen molar-refractivity contribution in [2.45, 2.75) is 45.1 Å². The van der Waals surface area contributed by atoms with Gasteiger partial charge in [0.05, 0.1) is 5.01 Å². The molecule has 1 atom stereocenters. The molecular weight excluding hydrogens is 232 g/mol. The number of aliphatic hydroxyl groups is 1. The number of hydrogen-bond acceptors (Lipinski definition) is 4. The molecule has 0 saturated heterocycles. The maximum Gasteiger partial charge on any atom is 0.0959 e. The minimum Gasteiger partial charge on any atom is -0.396 e. The monoisotopic (exact) mass is 254 g/mol. The summed E-state index contributed by atoms with van der Waals surface area (Å²) in [6.45, 7) is 4.40. The Kier molecular flexibility index (Phi) is 4.95. The first-order valence-corrected chi connectivity index (χ1v) is 7.41. The maximum atomic E-state index is 8.92. The smallest absolute Gasteiger partial charge is 0.0959 e. The van der Waals surface area contributed by atoms with Crippen LogP contribution in [0.3, 0.4) is 0 Å². The van der Waals surface area contributed by atoms with Gasteiger partial charge in [0, 0.05) is 30.1 Å². The van der Waals surface area contributed by atoms with Gasteiger partial charge < -0.3 is 10.4 Å². The first kappa shape index (κ1) is 13.0. The van der Waals surface area contributed by atoms with Crippen LogP contribution in [0.25, 0.3) is 0 Å². The van der Waals surface area contributed by atoms with Gasteiger partial charge in [0.15, 0.2) is 0 Å². The van der Waals surface area contributed by atoms with E-state index in [4.69, 9.17) is 5.11 Å². The average Bonchev–Trinajstić information content (AvgIpc) is 3.09. The molecule has 1 fully saturated rings. The van der Waals surface area contributed by atoms with Crippen LogP contribution in [0.15, 0.2) is 6.20 Å². The highest BCUT2D eigenvalue weighted by molar-refractivity contribution is 7.11. The minimum atomic E-state index is 0.298. The summed E-state index contributed by atoms with van der Waals surface area (Å²) in [7, 11) is 0. The number of rotatable bonds is 8. The van der Waals surface area contributed by atoms with Crippen molar-refractivity contribution in [2.75, 3.05) is 13.2 Å². The third kappa shape index (κ3) is 4.05. The number of nitrogens with zero attached hydrogens (tertiary/aromatic N) is 1. The van der Waals surface area contributed by atoms with Crippen LogP contribution in [-0.2, 0) is 6.54 Å². The molecule has 96 valence electrons. The summed E-state index contributed by atoms with van der Waals surface area (Å²) in [6, 6.07) is 0. The molecular formula is C13H22N2OS. The Morgan fingerprint density at radius 1 is 1.59 bits per heavy atom. The van der Waals surface area contributed by atoms with Gasteiger partial charge in [-0.25, -0.2) is 4.98 Å². The highest BCUT2D eigenvalue weighted by Crippen LogP contribution is 2.41. The van der Waals surface area contributed by atoms with Gasteiger partial charge in [0.2, 0.25) is 0 Å². The predicted octanol–water partition coefficient (Wildman–Crippen LogP) is 2.52. The Balaban J connectivity index is 1.69. The standard InChI is InChI=1S/C13H22N2OS/c1-2-10(5-6-16)7-14-8-12-9-15-13(17-12)11-3-4-11/h9-11,14,16H,2-8H2,1H3. The van der Waals surface area contributed by atoms with Crippen molar-refractivity contribution < 1.29 is 5.11 Å². The Bertz CT molecular complexity index is 336. The summed E-state index contributed by atoms with van der Waals surface area (Å²) in [5.41, 5.74) is 0. The molecule has 0 radical (unpaired) electrons. The van der Waals surface area contributed by atoms with Crippen molar-refractivity contribution in [2.24, 2.45) is 5.92 Å². The average molecular weight is 254 g/mol. The van der Waals surface area contributed by atoms with Gasteiger partial charge in [-0.2, -0.15) is 0 Å². The number of hydrogen-bond donors (Lipinski definition) is 2. The van der Waals surface area contributed by atoms with Crippen LogP contribution in [0.5, 0.6) is 0 Å². The molecule has 4 heteroatoms. The van der Waals surface area contributed by atoms with E-state index in [1.54, 1.807) is 0 Å². The van der Waals surface area contributed by atoms with Gasteiger partial charge >= 0.3 is 0 Å². The van der Waals surface area contributed by atoms with Crippen molar-refractivity contribution in [1.82, 2.24) is 10.3 Å².